The number of ketones is 1. The Bertz CT molecular complexity index is 1770. The van der Waals surface area contributed by atoms with Gasteiger partial charge in [0.2, 0.25) is 5.91 Å². The minimum Gasteiger partial charge on any atom is -0.465 e. The highest BCUT2D eigenvalue weighted by molar-refractivity contribution is 6.44. The standard InChI is InChI=1S/C38H46N4O10.C3H5BN/c1-24(2)31(21-35(44)50-23-32-29-8-5-3-4-6-9-30(29)32)36(45)41-33(10-7-19-40-37(39)46)34(43)20-25-11-13-26(14-12-25)22-51-38(47)52-28-17-15-27(16-18-28)42(48)49;1-2-4-3-5/h11-18,24,29-33H,5-10,19-23H2,1-2H3,(H,41,45)(H3,39,40,46);2H2,1H3/t29-,30+,31-,32?,33-;/m0./s1. The Morgan fingerprint density at radius 2 is 1.63 bits per heavy atom. The molecular weight excluding hydrogens is 733 g/mol. The van der Waals surface area contributed by atoms with E-state index in [2.05, 4.69) is 22.5 Å². The second kappa shape index (κ2) is 23.9. The summed E-state index contributed by atoms with van der Waals surface area (Å²) in [7, 11) is 1.56. The molecule has 2 aliphatic rings. The maximum atomic E-state index is 13.5. The van der Waals surface area contributed by atoms with Crippen molar-refractivity contribution in [2.45, 2.75) is 91.1 Å². The summed E-state index contributed by atoms with van der Waals surface area (Å²) in [6, 6.07) is 10.1. The van der Waals surface area contributed by atoms with E-state index >= 15 is 0 Å². The Hall–Kier alpha value is -5.90. The number of primary amides is 1. The third-order valence-corrected chi connectivity index (χ3v) is 9.78. The number of amides is 3. The molecule has 1 radical (unpaired) electrons. The molecule has 0 bridgehead atoms. The van der Waals surface area contributed by atoms with Crippen LogP contribution in [0.3, 0.4) is 0 Å². The Morgan fingerprint density at radius 3 is 2.18 bits per heavy atom. The first-order valence-corrected chi connectivity index (χ1v) is 19.2. The lowest BCUT2D eigenvalue weighted by Gasteiger charge is -2.24. The normalized spacial score (nSPS) is 17.4. The van der Waals surface area contributed by atoms with Gasteiger partial charge >= 0.3 is 18.2 Å². The molecule has 2 aromatic carbocycles. The first-order valence-electron chi connectivity index (χ1n) is 19.2. The van der Waals surface area contributed by atoms with Gasteiger partial charge in [-0.05, 0) is 78.6 Å². The molecule has 5 atom stereocenters. The first kappa shape index (κ1) is 45.5. The van der Waals surface area contributed by atoms with Crippen molar-refractivity contribution in [1.29, 1.82) is 5.26 Å². The molecule has 0 spiro atoms. The third kappa shape index (κ3) is 16.4. The average molecular weight is 785 g/mol. The van der Waals surface area contributed by atoms with E-state index in [-0.39, 0.29) is 55.6 Å². The minimum absolute atomic E-state index is 0.0132. The topological polar surface area (TPSA) is 230 Å². The molecule has 1 unspecified atom stereocenters. The van der Waals surface area contributed by atoms with Crippen molar-refractivity contribution in [3.8, 4) is 23.6 Å². The van der Waals surface area contributed by atoms with Crippen molar-refractivity contribution in [2.75, 3.05) is 13.2 Å². The maximum absolute atomic E-state index is 13.5. The summed E-state index contributed by atoms with van der Waals surface area (Å²) in [4.78, 5) is 73.4. The molecule has 4 rings (SSSR count). The minimum atomic E-state index is -0.993. The molecule has 0 heterocycles. The van der Waals surface area contributed by atoms with Gasteiger partial charge in [-0.1, -0.05) is 51.4 Å². The molecule has 1 saturated carbocycles. The van der Waals surface area contributed by atoms with Gasteiger partial charge in [-0.15, -0.1) is 11.8 Å². The van der Waals surface area contributed by atoms with E-state index in [9.17, 15) is 34.1 Å². The number of benzene rings is 2. The number of fused-ring (bicyclic) bond motifs is 1. The lowest BCUT2D eigenvalue weighted by molar-refractivity contribution is -0.384. The van der Waals surface area contributed by atoms with Gasteiger partial charge in [-0.3, -0.25) is 24.5 Å². The van der Waals surface area contributed by atoms with Crippen LogP contribution in [0.1, 0.15) is 76.8 Å². The number of esters is 1. The van der Waals surface area contributed by atoms with E-state index in [1.807, 2.05) is 26.7 Å². The maximum Gasteiger partial charge on any atom is 0.514 e. The number of Topliss-reactive ketones (excluding diaryl/α,β-unsaturated/α-hetero) is 1. The molecular formula is C41H51BN5O10. The molecule has 0 saturated heterocycles. The van der Waals surface area contributed by atoms with Crippen molar-refractivity contribution < 1.29 is 43.1 Å². The molecule has 0 aliphatic heterocycles. The molecule has 1 fully saturated rings. The van der Waals surface area contributed by atoms with E-state index in [1.165, 1.54) is 24.3 Å². The van der Waals surface area contributed by atoms with Crippen molar-refractivity contribution in [3.63, 3.8) is 0 Å². The molecule has 16 heteroatoms. The van der Waals surface area contributed by atoms with E-state index in [0.717, 1.165) is 32.0 Å². The first-order chi connectivity index (χ1) is 27.3. The number of rotatable bonds is 19. The highest BCUT2D eigenvalue weighted by Gasteiger charge is 2.49. The van der Waals surface area contributed by atoms with E-state index in [1.54, 1.807) is 31.5 Å². The monoisotopic (exact) mass is 784 g/mol. The van der Waals surface area contributed by atoms with Crippen LogP contribution < -0.4 is 21.1 Å². The summed E-state index contributed by atoms with van der Waals surface area (Å²) < 4.78 is 15.8. The van der Waals surface area contributed by atoms with Crippen LogP contribution in [0.25, 0.3) is 0 Å². The summed E-state index contributed by atoms with van der Waals surface area (Å²) in [6.45, 7) is 6.05. The fraction of sp³-hybridized carbons (Fsp3) is 0.512. The number of nitrogens with one attached hydrogen (secondary N) is 2. The Labute approximate surface area is 334 Å². The van der Waals surface area contributed by atoms with Gasteiger partial charge in [0.25, 0.3) is 13.0 Å². The van der Waals surface area contributed by atoms with Crippen LogP contribution in [0.15, 0.2) is 48.5 Å². The zero-order valence-corrected chi connectivity index (χ0v) is 32.7. The smallest absolute Gasteiger partial charge is 0.465 e. The number of urea groups is 1. The quantitative estimate of drug-likeness (QED) is 0.0301. The van der Waals surface area contributed by atoms with E-state index in [0.29, 0.717) is 41.9 Å². The van der Waals surface area contributed by atoms with Crippen molar-refractivity contribution in [3.05, 3.63) is 69.8 Å². The van der Waals surface area contributed by atoms with Gasteiger partial charge in [0.15, 0.2) is 5.78 Å². The lowest BCUT2D eigenvalue weighted by atomic mass is 9.78. The lowest BCUT2D eigenvalue weighted by Crippen LogP contribution is -2.46. The van der Waals surface area contributed by atoms with Crippen LogP contribution in [0.5, 0.6) is 5.75 Å². The van der Waals surface area contributed by atoms with Crippen LogP contribution in [0, 0.1) is 62.8 Å². The second-order valence-corrected chi connectivity index (χ2v) is 14.2. The van der Waals surface area contributed by atoms with Crippen LogP contribution in [-0.4, -0.2) is 61.2 Å². The number of hydrogen-bond donors (Lipinski definition) is 3. The number of non-ortho nitro benzene ring substituents is 1. The molecule has 303 valence electrons. The van der Waals surface area contributed by atoms with Gasteiger partial charge in [0.05, 0.1) is 29.9 Å². The number of nitro benzene ring substituents is 1. The number of carbonyl (C=O) groups excluding carboxylic acids is 5. The van der Waals surface area contributed by atoms with Gasteiger partial charge in [-0.25, -0.2) is 14.9 Å². The number of nitriles is 1. The third-order valence-electron chi connectivity index (χ3n) is 9.78. The summed E-state index contributed by atoms with van der Waals surface area (Å²) >= 11 is 0. The fourth-order valence-electron chi connectivity index (χ4n) is 6.52. The average Bonchev–Trinajstić information content (AvgIpc) is 3.82. The fourth-order valence-corrected chi connectivity index (χ4v) is 6.52. The van der Waals surface area contributed by atoms with Crippen LogP contribution in [0.2, 0.25) is 6.32 Å². The Kier molecular flexibility index (Phi) is 19.1. The predicted octanol–water partition coefficient (Wildman–Crippen LogP) is 5.61. The number of hydrogen-bond acceptors (Lipinski definition) is 11. The van der Waals surface area contributed by atoms with E-state index in [4.69, 9.17) is 25.2 Å². The zero-order chi connectivity index (χ0) is 41.7. The van der Waals surface area contributed by atoms with Gasteiger partial charge in [0.1, 0.15) is 12.4 Å². The Morgan fingerprint density at radius 1 is 1.00 bits per heavy atom. The van der Waals surface area contributed by atoms with Crippen LogP contribution in [-0.2, 0) is 36.9 Å². The summed E-state index contributed by atoms with van der Waals surface area (Å²) in [5.41, 5.74) is 6.30. The summed E-state index contributed by atoms with van der Waals surface area (Å²) in [5, 5.41) is 23.9. The molecule has 4 N–H and O–H groups in total. The number of nitrogens with zero attached hydrogens (tertiary/aromatic N) is 2. The van der Waals surface area contributed by atoms with Gasteiger partial charge < -0.3 is 30.6 Å². The van der Waals surface area contributed by atoms with E-state index < -0.39 is 40.9 Å². The Balaban J connectivity index is 0.00000163. The van der Waals surface area contributed by atoms with Crippen LogP contribution >= 0.6 is 0 Å². The highest BCUT2D eigenvalue weighted by Crippen LogP contribution is 2.52. The van der Waals surface area contributed by atoms with Gasteiger partial charge in [0, 0.05) is 37.9 Å². The summed E-state index contributed by atoms with van der Waals surface area (Å²) in [5.74, 6) is 7.69. The molecule has 0 aromatic heterocycles. The molecule has 57 heavy (non-hydrogen) atoms. The summed E-state index contributed by atoms with van der Waals surface area (Å²) in [6.07, 6.45) is 4.12. The second-order valence-electron chi connectivity index (χ2n) is 14.2. The highest BCUT2D eigenvalue weighted by atomic mass is 16.7. The number of carbonyl (C=O) groups is 5. The molecule has 2 aliphatic carbocycles. The van der Waals surface area contributed by atoms with Crippen molar-refractivity contribution in [2.24, 2.45) is 35.3 Å². The van der Waals surface area contributed by atoms with Crippen molar-refractivity contribution in [1.82, 2.24) is 10.6 Å². The zero-order valence-electron chi connectivity index (χ0n) is 32.7. The number of nitro groups is 1. The molecule has 15 nitrogen and oxygen atoms in total. The SMILES string of the molecule is CC(C)[C@H](CC(=O)OCC1[C@H]2CCC#CCC[C@@H]12)C(=O)N[C@@H](CCCNC(N)=O)C(=O)Cc1ccc(COC(=O)Oc2ccc([N+](=O)[O-])cc2)cc1.CC[B]C#N. The number of ether oxygens (including phenoxy) is 3. The largest absolute Gasteiger partial charge is 0.514 e. The van der Waals surface area contributed by atoms with Crippen molar-refractivity contribution >= 4 is 42.8 Å². The molecule has 2 aromatic rings. The predicted molar refractivity (Wildman–Crippen MR) is 210 cm³/mol. The number of nitrogens with two attached hydrogens (primary N) is 1. The van der Waals surface area contributed by atoms with Gasteiger partial charge in [-0.2, -0.15) is 0 Å². The molecule has 3 amide bonds. The van der Waals surface area contributed by atoms with Crippen LogP contribution in [0.4, 0.5) is 15.3 Å².